The van der Waals surface area contributed by atoms with Crippen LogP contribution in [0.1, 0.15) is 33.5 Å². The number of likely N-dealkylation sites (N-methyl/N-ethyl adjacent to an activating group) is 1. The zero-order chi connectivity index (χ0) is 18.8. The molecule has 0 spiro atoms. The first-order valence-corrected chi connectivity index (χ1v) is 10.0. The number of aryl methyl sites for hydroxylation is 2. The van der Waals surface area contributed by atoms with E-state index < -0.39 is 0 Å². The van der Waals surface area contributed by atoms with Crippen LogP contribution in [-0.4, -0.2) is 50.1 Å². The summed E-state index contributed by atoms with van der Waals surface area (Å²) in [4.78, 5) is 17.6. The molecule has 27 heavy (non-hydrogen) atoms. The van der Waals surface area contributed by atoms with Gasteiger partial charge in [-0.25, -0.2) is 0 Å². The second-order valence-electron chi connectivity index (χ2n) is 7.93. The lowest BCUT2D eigenvalue weighted by molar-refractivity contribution is 0.0933. The quantitative estimate of drug-likeness (QED) is 0.910. The monoisotopic (exact) mass is 363 g/mol. The van der Waals surface area contributed by atoms with Crippen LogP contribution in [-0.2, 0) is 12.8 Å². The lowest BCUT2D eigenvalue weighted by Crippen LogP contribution is -2.45. The summed E-state index contributed by atoms with van der Waals surface area (Å²) in [5.41, 5.74) is 6.08. The molecule has 0 aromatic heterocycles. The minimum Gasteiger partial charge on any atom is -0.369 e. The molecule has 0 unspecified atom stereocenters. The molecule has 1 aliphatic carbocycles. The Bertz CT molecular complexity index is 824. The number of rotatable bonds is 3. The molecule has 1 saturated heterocycles. The standard InChI is InChI=1S/C23H29N3O/c1-17-6-3-4-8-20(17)23(27)24-19-11-10-18-7-5-9-22(21(18)16-19)26-14-12-25(2)13-15-26/h3-9,19H,10-16H2,1-2H3,(H,24,27)/t19-/m1/s1. The van der Waals surface area contributed by atoms with E-state index in [1.54, 1.807) is 0 Å². The maximum Gasteiger partial charge on any atom is 0.251 e. The van der Waals surface area contributed by atoms with Crippen LogP contribution in [0.2, 0.25) is 0 Å². The van der Waals surface area contributed by atoms with Gasteiger partial charge in [0.2, 0.25) is 0 Å². The fourth-order valence-corrected chi connectivity index (χ4v) is 4.33. The molecule has 1 heterocycles. The zero-order valence-corrected chi connectivity index (χ0v) is 16.4. The molecule has 4 nitrogen and oxygen atoms in total. The molecule has 4 rings (SSSR count). The van der Waals surface area contributed by atoms with Crippen molar-refractivity contribution in [1.29, 1.82) is 0 Å². The van der Waals surface area contributed by atoms with E-state index >= 15 is 0 Å². The maximum atomic E-state index is 12.7. The Morgan fingerprint density at radius 3 is 2.59 bits per heavy atom. The number of amides is 1. The number of piperazine rings is 1. The lowest BCUT2D eigenvalue weighted by Gasteiger charge is -2.37. The highest BCUT2D eigenvalue weighted by Crippen LogP contribution is 2.31. The van der Waals surface area contributed by atoms with Crippen molar-refractivity contribution in [3.8, 4) is 0 Å². The van der Waals surface area contributed by atoms with E-state index in [1.807, 2.05) is 31.2 Å². The van der Waals surface area contributed by atoms with E-state index in [0.717, 1.165) is 56.6 Å². The molecule has 1 N–H and O–H groups in total. The Labute approximate surface area is 162 Å². The molecule has 2 aromatic carbocycles. The average Bonchev–Trinajstić information content (AvgIpc) is 2.68. The van der Waals surface area contributed by atoms with Gasteiger partial charge in [0, 0.05) is 43.5 Å². The van der Waals surface area contributed by atoms with Gasteiger partial charge in [0.05, 0.1) is 0 Å². The van der Waals surface area contributed by atoms with Crippen molar-refractivity contribution in [2.24, 2.45) is 0 Å². The Hall–Kier alpha value is -2.33. The van der Waals surface area contributed by atoms with Crippen LogP contribution in [0, 0.1) is 6.92 Å². The fraction of sp³-hybridized carbons (Fsp3) is 0.435. The Morgan fingerprint density at radius 2 is 1.81 bits per heavy atom. The number of carbonyl (C=O) groups excluding carboxylic acids is 1. The normalized spacial score (nSPS) is 20.2. The van der Waals surface area contributed by atoms with Crippen LogP contribution >= 0.6 is 0 Å². The number of benzene rings is 2. The van der Waals surface area contributed by atoms with Crippen LogP contribution in [0.15, 0.2) is 42.5 Å². The first-order chi connectivity index (χ1) is 13.1. The predicted molar refractivity (Wildman–Crippen MR) is 111 cm³/mol. The minimum absolute atomic E-state index is 0.0543. The molecule has 1 atom stereocenters. The van der Waals surface area contributed by atoms with Crippen LogP contribution < -0.4 is 10.2 Å². The summed E-state index contributed by atoms with van der Waals surface area (Å²) in [7, 11) is 2.19. The Kier molecular flexibility index (Phi) is 5.17. The molecule has 0 radical (unpaired) electrons. The number of fused-ring (bicyclic) bond motifs is 1. The highest BCUT2D eigenvalue weighted by atomic mass is 16.1. The highest BCUT2D eigenvalue weighted by molar-refractivity contribution is 5.95. The number of anilines is 1. The van der Waals surface area contributed by atoms with Gasteiger partial charge in [-0.05, 0) is 62.1 Å². The Balaban J connectivity index is 1.51. The SMILES string of the molecule is Cc1ccccc1C(=O)N[C@@H]1CCc2cccc(N3CCN(C)CC3)c2C1. The second kappa shape index (κ2) is 7.73. The molecule has 1 fully saturated rings. The predicted octanol–water partition coefficient (Wildman–Crippen LogP) is 3.03. The third kappa shape index (κ3) is 3.86. The number of hydrogen-bond donors (Lipinski definition) is 1. The molecule has 0 saturated carbocycles. The lowest BCUT2D eigenvalue weighted by atomic mass is 9.86. The molecular formula is C23H29N3O. The Morgan fingerprint density at radius 1 is 1.04 bits per heavy atom. The fourth-order valence-electron chi connectivity index (χ4n) is 4.33. The summed E-state index contributed by atoms with van der Waals surface area (Å²) in [5.74, 6) is 0.0543. The van der Waals surface area contributed by atoms with E-state index in [4.69, 9.17) is 0 Å². The van der Waals surface area contributed by atoms with E-state index in [1.165, 1.54) is 16.8 Å². The van der Waals surface area contributed by atoms with Crippen LogP contribution in [0.3, 0.4) is 0 Å². The summed E-state index contributed by atoms with van der Waals surface area (Å²) in [6.07, 6.45) is 2.97. The topological polar surface area (TPSA) is 35.6 Å². The number of nitrogens with one attached hydrogen (secondary N) is 1. The van der Waals surface area contributed by atoms with Gasteiger partial charge in [-0.3, -0.25) is 4.79 Å². The smallest absolute Gasteiger partial charge is 0.251 e. The molecule has 0 bridgehead atoms. The molecule has 2 aromatic rings. The first kappa shape index (κ1) is 18.1. The number of nitrogens with zero attached hydrogens (tertiary/aromatic N) is 2. The van der Waals surface area contributed by atoms with Gasteiger partial charge in [0.25, 0.3) is 5.91 Å². The van der Waals surface area contributed by atoms with Crippen LogP contribution in [0.5, 0.6) is 0 Å². The van der Waals surface area contributed by atoms with Gasteiger partial charge in [-0.1, -0.05) is 30.3 Å². The van der Waals surface area contributed by atoms with Gasteiger partial charge in [0.1, 0.15) is 0 Å². The maximum absolute atomic E-state index is 12.7. The van der Waals surface area contributed by atoms with Crippen molar-refractivity contribution in [1.82, 2.24) is 10.2 Å². The largest absolute Gasteiger partial charge is 0.369 e. The summed E-state index contributed by atoms with van der Waals surface area (Å²) >= 11 is 0. The van der Waals surface area contributed by atoms with E-state index in [2.05, 4.69) is 40.4 Å². The van der Waals surface area contributed by atoms with Gasteiger partial charge in [0.15, 0.2) is 0 Å². The summed E-state index contributed by atoms with van der Waals surface area (Å²) < 4.78 is 0. The van der Waals surface area contributed by atoms with Crippen molar-refractivity contribution in [3.05, 3.63) is 64.7 Å². The molecule has 1 amide bonds. The number of carbonyl (C=O) groups is 1. The van der Waals surface area contributed by atoms with E-state index in [9.17, 15) is 4.79 Å². The van der Waals surface area contributed by atoms with Gasteiger partial charge < -0.3 is 15.1 Å². The zero-order valence-electron chi connectivity index (χ0n) is 16.4. The van der Waals surface area contributed by atoms with Crippen molar-refractivity contribution in [2.75, 3.05) is 38.1 Å². The molecule has 4 heteroatoms. The minimum atomic E-state index is 0.0543. The second-order valence-corrected chi connectivity index (χ2v) is 7.93. The molecule has 1 aliphatic heterocycles. The van der Waals surface area contributed by atoms with Crippen molar-refractivity contribution in [3.63, 3.8) is 0 Å². The van der Waals surface area contributed by atoms with E-state index in [0.29, 0.717) is 0 Å². The molecule has 142 valence electrons. The highest BCUT2D eigenvalue weighted by Gasteiger charge is 2.25. The van der Waals surface area contributed by atoms with Crippen LogP contribution in [0.4, 0.5) is 5.69 Å². The van der Waals surface area contributed by atoms with Crippen molar-refractivity contribution in [2.45, 2.75) is 32.2 Å². The molecular weight excluding hydrogens is 334 g/mol. The average molecular weight is 364 g/mol. The third-order valence-corrected chi connectivity index (χ3v) is 6.03. The molecule has 2 aliphatic rings. The van der Waals surface area contributed by atoms with Gasteiger partial charge in [-0.15, -0.1) is 0 Å². The summed E-state index contributed by atoms with van der Waals surface area (Å²) in [6, 6.07) is 14.7. The van der Waals surface area contributed by atoms with Gasteiger partial charge >= 0.3 is 0 Å². The van der Waals surface area contributed by atoms with Gasteiger partial charge in [-0.2, -0.15) is 0 Å². The van der Waals surface area contributed by atoms with E-state index in [-0.39, 0.29) is 11.9 Å². The summed E-state index contributed by atoms with van der Waals surface area (Å²) in [5, 5.41) is 3.29. The van der Waals surface area contributed by atoms with Crippen molar-refractivity contribution >= 4 is 11.6 Å². The van der Waals surface area contributed by atoms with Crippen molar-refractivity contribution < 1.29 is 4.79 Å². The number of hydrogen-bond acceptors (Lipinski definition) is 3. The van der Waals surface area contributed by atoms with Crippen LogP contribution in [0.25, 0.3) is 0 Å². The summed E-state index contributed by atoms with van der Waals surface area (Å²) in [6.45, 7) is 6.37. The third-order valence-electron chi connectivity index (χ3n) is 6.03. The first-order valence-electron chi connectivity index (χ1n) is 10.0.